The normalized spacial score (nSPS) is 12.4. The molecule has 1 N–H and O–H groups in total. The van der Waals surface area contributed by atoms with Crippen LogP contribution >= 0.6 is 11.3 Å². The predicted octanol–water partition coefficient (Wildman–Crippen LogP) is 3.18. The van der Waals surface area contributed by atoms with Gasteiger partial charge in [-0.2, -0.15) is 0 Å². The van der Waals surface area contributed by atoms with Gasteiger partial charge in [0.1, 0.15) is 5.76 Å². The number of furan rings is 1. The van der Waals surface area contributed by atoms with Gasteiger partial charge in [-0.1, -0.05) is 6.07 Å². The highest BCUT2D eigenvalue weighted by Crippen LogP contribution is 2.22. The summed E-state index contributed by atoms with van der Waals surface area (Å²) in [5.74, 6) is 0.791. The summed E-state index contributed by atoms with van der Waals surface area (Å²) in [5.41, 5.74) is 0. The first kappa shape index (κ1) is 16.6. The smallest absolute Gasteiger partial charge is 0.317 e. The average molecular weight is 321 g/mol. The minimum absolute atomic E-state index is 0.0673. The molecule has 0 fully saturated rings. The van der Waals surface area contributed by atoms with Crippen LogP contribution in [-0.2, 0) is 6.54 Å². The molecule has 120 valence electrons. The molecular formula is C16H23N3O2S. The van der Waals surface area contributed by atoms with E-state index in [0.29, 0.717) is 19.6 Å². The van der Waals surface area contributed by atoms with E-state index in [0.717, 1.165) is 5.76 Å². The van der Waals surface area contributed by atoms with Gasteiger partial charge in [0.05, 0.1) is 18.8 Å². The van der Waals surface area contributed by atoms with Gasteiger partial charge in [-0.05, 0) is 44.6 Å². The second-order valence-electron chi connectivity index (χ2n) is 5.27. The summed E-state index contributed by atoms with van der Waals surface area (Å²) in [6.45, 7) is 3.67. The lowest BCUT2D eigenvalue weighted by Crippen LogP contribution is -2.42. The van der Waals surface area contributed by atoms with Crippen LogP contribution in [0.25, 0.3) is 0 Å². The van der Waals surface area contributed by atoms with Crippen LogP contribution in [0.1, 0.15) is 23.6 Å². The lowest BCUT2D eigenvalue weighted by molar-refractivity contribution is 0.188. The monoisotopic (exact) mass is 321 g/mol. The zero-order valence-corrected chi connectivity index (χ0v) is 14.1. The number of carbonyl (C=O) groups is 1. The summed E-state index contributed by atoms with van der Waals surface area (Å²) in [6.07, 6.45) is 1.62. The van der Waals surface area contributed by atoms with Crippen LogP contribution in [0, 0.1) is 0 Å². The van der Waals surface area contributed by atoms with Crippen LogP contribution in [-0.4, -0.2) is 43.0 Å². The van der Waals surface area contributed by atoms with Gasteiger partial charge in [-0.25, -0.2) is 4.79 Å². The van der Waals surface area contributed by atoms with Gasteiger partial charge in [0.25, 0.3) is 0 Å². The van der Waals surface area contributed by atoms with E-state index in [9.17, 15) is 4.79 Å². The van der Waals surface area contributed by atoms with Crippen molar-refractivity contribution in [2.24, 2.45) is 0 Å². The first-order chi connectivity index (χ1) is 10.6. The van der Waals surface area contributed by atoms with Crippen LogP contribution in [0.2, 0.25) is 0 Å². The molecule has 0 bridgehead atoms. The van der Waals surface area contributed by atoms with Crippen molar-refractivity contribution in [3.05, 3.63) is 46.5 Å². The highest BCUT2D eigenvalue weighted by atomic mass is 32.1. The maximum absolute atomic E-state index is 12.4. The second-order valence-corrected chi connectivity index (χ2v) is 6.25. The van der Waals surface area contributed by atoms with E-state index in [1.54, 1.807) is 22.5 Å². The van der Waals surface area contributed by atoms with E-state index >= 15 is 0 Å². The van der Waals surface area contributed by atoms with Gasteiger partial charge < -0.3 is 19.5 Å². The fourth-order valence-electron chi connectivity index (χ4n) is 2.23. The van der Waals surface area contributed by atoms with Crippen molar-refractivity contribution in [2.45, 2.75) is 19.5 Å². The van der Waals surface area contributed by atoms with Crippen molar-refractivity contribution < 1.29 is 9.21 Å². The number of nitrogens with one attached hydrogen (secondary N) is 1. The standard InChI is InChI=1S/C16H23N3O2S/c1-4-19(12-13-7-5-9-21-13)16(20)17-11-14(18(2)3)15-8-6-10-22-15/h5-10,14H,4,11-12H2,1-3H3,(H,17,20)/t14-/m0/s1. The minimum atomic E-state index is -0.0673. The number of thiophene rings is 1. The van der Waals surface area contributed by atoms with E-state index < -0.39 is 0 Å². The molecule has 0 aromatic carbocycles. The fourth-order valence-corrected chi connectivity index (χ4v) is 3.15. The van der Waals surface area contributed by atoms with E-state index in [-0.39, 0.29) is 12.1 Å². The molecule has 2 heterocycles. The molecule has 5 nitrogen and oxygen atoms in total. The molecule has 0 saturated heterocycles. The number of urea groups is 1. The Labute approximate surface area is 135 Å². The lowest BCUT2D eigenvalue weighted by Gasteiger charge is -2.26. The molecule has 0 saturated carbocycles. The zero-order chi connectivity index (χ0) is 15.9. The van der Waals surface area contributed by atoms with Gasteiger partial charge in [0, 0.05) is 18.0 Å². The summed E-state index contributed by atoms with van der Waals surface area (Å²) in [4.78, 5) is 17.5. The number of amides is 2. The van der Waals surface area contributed by atoms with Crippen molar-refractivity contribution >= 4 is 17.4 Å². The highest BCUT2D eigenvalue weighted by molar-refractivity contribution is 7.10. The molecule has 0 aliphatic rings. The zero-order valence-electron chi connectivity index (χ0n) is 13.3. The Morgan fingerprint density at radius 3 is 2.73 bits per heavy atom. The molecule has 2 aromatic rings. The molecule has 0 aliphatic carbocycles. The number of nitrogens with zero attached hydrogens (tertiary/aromatic N) is 2. The van der Waals surface area contributed by atoms with Crippen LogP contribution in [0.3, 0.4) is 0 Å². The topological polar surface area (TPSA) is 48.7 Å². The van der Waals surface area contributed by atoms with Crippen LogP contribution in [0.5, 0.6) is 0 Å². The molecule has 0 radical (unpaired) electrons. The van der Waals surface area contributed by atoms with Crippen LogP contribution in [0.15, 0.2) is 40.3 Å². The highest BCUT2D eigenvalue weighted by Gasteiger charge is 2.18. The first-order valence-corrected chi connectivity index (χ1v) is 8.24. The van der Waals surface area contributed by atoms with Gasteiger partial charge in [-0.3, -0.25) is 0 Å². The van der Waals surface area contributed by atoms with Crippen molar-refractivity contribution in [2.75, 3.05) is 27.2 Å². The van der Waals surface area contributed by atoms with Gasteiger partial charge in [-0.15, -0.1) is 11.3 Å². The summed E-state index contributed by atoms with van der Waals surface area (Å²) in [5, 5.41) is 5.08. The minimum Gasteiger partial charge on any atom is -0.467 e. The maximum Gasteiger partial charge on any atom is 0.317 e. The molecule has 6 heteroatoms. The molecule has 2 rings (SSSR count). The molecule has 2 amide bonds. The predicted molar refractivity (Wildman–Crippen MR) is 88.9 cm³/mol. The third-order valence-corrected chi connectivity index (χ3v) is 4.51. The summed E-state index contributed by atoms with van der Waals surface area (Å²) in [7, 11) is 4.05. The number of rotatable bonds is 7. The Hall–Kier alpha value is -1.79. The number of likely N-dealkylation sites (N-methyl/N-ethyl adjacent to an activating group) is 1. The fraction of sp³-hybridized carbons (Fsp3) is 0.438. The van der Waals surface area contributed by atoms with Crippen molar-refractivity contribution in [3.8, 4) is 0 Å². The second kappa shape index (κ2) is 8.00. The van der Waals surface area contributed by atoms with Gasteiger partial charge in [0.15, 0.2) is 0 Å². The Bertz CT molecular complexity index is 552. The third-order valence-electron chi connectivity index (χ3n) is 3.54. The molecule has 22 heavy (non-hydrogen) atoms. The Morgan fingerprint density at radius 2 is 2.18 bits per heavy atom. The molecule has 0 spiro atoms. The number of hydrogen-bond donors (Lipinski definition) is 1. The SMILES string of the molecule is CCN(Cc1ccco1)C(=O)NC[C@@H](c1cccs1)N(C)C. The van der Waals surface area contributed by atoms with Crippen LogP contribution in [0.4, 0.5) is 4.79 Å². The Kier molecular flexibility index (Phi) is 6.03. The van der Waals surface area contributed by atoms with Crippen molar-refractivity contribution in [1.82, 2.24) is 15.1 Å². The summed E-state index contributed by atoms with van der Waals surface area (Å²) < 4.78 is 5.31. The molecule has 1 atom stereocenters. The first-order valence-electron chi connectivity index (χ1n) is 7.36. The van der Waals surface area contributed by atoms with Crippen molar-refractivity contribution in [3.63, 3.8) is 0 Å². The number of hydrogen-bond acceptors (Lipinski definition) is 4. The van der Waals surface area contributed by atoms with Gasteiger partial charge >= 0.3 is 6.03 Å². The number of carbonyl (C=O) groups excluding carboxylic acids is 1. The molecular weight excluding hydrogens is 298 g/mol. The van der Waals surface area contributed by atoms with Gasteiger partial charge in [0.2, 0.25) is 0 Å². The molecule has 0 unspecified atom stereocenters. The van der Waals surface area contributed by atoms with Crippen molar-refractivity contribution in [1.29, 1.82) is 0 Å². The maximum atomic E-state index is 12.4. The van der Waals surface area contributed by atoms with E-state index in [1.807, 2.05) is 39.2 Å². The third kappa shape index (κ3) is 4.35. The Balaban J connectivity index is 1.92. The Morgan fingerprint density at radius 1 is 1.36 bits per heavy atom. The summed E-state index contributed by atoms with van der Waals surface area (Å²) >= 11 is 1.71. The van der Waals surface area contributed by atoms with E-state index in [1.165, 1.54) is 4.88 Å². The lowest BCUT2D eigenvalue weighted by atomic mass is 10.2. The van der Waals surface area contributed by atoms with E-state index in [2.05, 4.69) is 21.7 Å². The molecule has 2 aromatic heterocycles. The molecule has 0 aliphatic heterocycles. The largest absolute Gasteiger partial charge is 0.467 e. The quantitative estimate of drug-likeness (QED) is 0.852. The average Bonchev–Trinajstić information content (AvgIpc) is 3.18. The van der Waals surface area contributed by atoms with Crippen LogP contribution < -0.4 is 5.32 Å². The van der Waals surface area contributed by atoms with E-state index in [4.69, 9.17) is 4.42 Å². The summed E-state index contributed by atoms with van der Waals surface area (Å²) in [6, 6.07) is 7.97.